The predicted molar refractivity (Wildman–Crippen MR) is 80.7 cm³/mol. The van der Waals surface area contributed by atoms with E-state index in [-0.39, 0.29) is 29.6 Å². The van der Waals surface area contributed by atoms with Gasteiger partial charge in [-0.25, -0.2) is 0 Å². The molecule has 0 saturated carbocycles. The van der Waals surface area contributed by atoms with Crippen molar-refractivity contribution in [1.29, 1.82) is 0 Å². The fourth-order valence-electron chi connectivity index (χ4n) is 3.19. The van der Waals surface area contributed by atoms with Gasteiger partial charge in [-0.1, -0.05) is 13.8 Å². The number of carbonyl (C=O) groups excluding carboxylic acids is 2. The highest BCUT2D eigenvalue weighted by molar-refractivity contribution is 5.96. The molecule has 3 unspecified atom stereocenters. The number of piperazine rings is 1. The third kappa shape index (κ3) is 3.76. The van der Waals surface area contributed by atoms with Crippen molar-refractivity contribution in [2.75, 3.05) is 6.54 Å². The van der Waals surface area contributed by atoms with Gasteiger partial charge in [0.25, 0.3) is 0 Å². The fourth-order valence-corrected chi connectivity index (χ4v) is 3.19. The van der Waals surface area contributed by atoms with E-state index in [0.717, 1.165) is 12.8 Å². The van der Waals surface area contributed by atoms with Crippen LogP contribution in [-0.2, 0) is 14.3 Å². The number of nitrogens with zero attached hydrogens (tertiary/aromatic N) is 1. The summed E-state index contributed by atoms with van der Waals surface area (Å²) in [4.78, 5) is 26.4. The molecule has 2 saturated heterocycles. The Bertz CT molecular complexity index is 420. The average molecular weight is 296 g/mol. The van der Waals surface area contributed by atoms with Crippen LogP contribution in [0, 0.1) is 5.92 Å². The SMILES string of the molecule is CC(C)CC1NC(=O)C(C)N(CC2CCC(C)(C)O2)C1=O. The molecule has 0 bridgehead atoms. The molecule has 2 amide bonds. The summed E-state index contributed by atoms with van der Waals surface area (Å²) in [6, 6.07) is -0.795. The first-order valence-electron chi connectivity index (χ1n) is 7.98. The van der Waals surface area contributed by atoms with Crippen LogP contribution in [0.15, 0.2) is 0 Å². The Kier molecular flexibility index (Phi) is 4.61. The first kappa shape index (κ1) is 16.3. The topological polar surface area (TPSA) is 58.6 Å². The van der Waals surface area contributed by atoms with Crippen LogP contribution in [0.3, 0.4) is 0 Å². The van der Waals surface area contributed by atoms with Crippen LogP contribution in [-0.4, -0.2) is 47.0 Å². The second-order valence-electron chi connectivity index (χ2n) is 7.40. The zero-order valence-electron chi connectivity index (χ0n) is 13.8. The number of amides is 2. The molecule has 1 N–H and O–H groups in total. The van der Waals surface area contributed by atoms with E-state index in [2.05, 4.69) is 33.0 Å². The number of hydrogen-bond acceptors (Lipinski definition) is 3. The number of rotatable bonds is 4. The molecule has 2 fully saturated rings. The number of hydrogen-bond donors (Lipinski definition) is 1. The van der Waals surface area contributed by atoms with E-state index >= 15 is 0 Å². The predicted octanol–water partition coefficient (Wildman–Crippen LogP) is 1.71. The zero-order valence-corrected chi connectivity index (χ0v) is 13.8. The normalized spacial score (nSPS) is 32.7. The van der Waals surface area contributed by atoms with E-state index in [9.17, 15) is 9.59 Å². The van der Waals surface area contributed by atoms with Gasteiger partial charge in [0.15, 0.2) is 0 Å². The van der Waals surface area contributed by atoms with Gasteiger partial charge in [0.1, 0.15) is 12.1 Å². The van der Waals surface area contributed by atoms with Gasteiger partial charge in [-0.15, -0.1) is 0 Å². The van der Waals surface area contributed by atoms with Crippen LogP contribution >= 0.6 is 0 Å². The lowest BCUT2D eigenvalue weighted by molar-refractivity contribution is -0.151. The highest BCUT2D eigenvalue weighted by Gasteiger charge is 2.41. The van der Waals surface area contributed by atoms with Crippen molar-refractivity contribution in [2.24, 2.45) is 5.92 Å². The quantitative estimate of drug-likeness (QED) is 0.859. The number of nitrogens with one attached hydrogen (secondary N) is 1. The maximum Gasteiger partial charge on any atom is 0.245 e. The monoisotopic (exact) mass is 296 g/mol. The molecule has 0 aliphatic carbocycles. The standard InChI is InChI=1S/C16H28N2O3/c1-10(2)8-13-15(20)18(11(3)14(19)17-13)9-12-6-7-16(4,5)21-12/h10-13H,6-9H2,1-5H3,(H,17,19). The van der Waals surface area contributed by atoms with Crippen molar-refractivity contribution >= 4 is 11.8 Å². The van der Waals surface area contributed by atoms with E-state index < -0.39 is 6.04 Å². The van der Waals surface area contributed by atoms with Gasteiger partial charge in [-0.2, -0.15) is 0 Å². The smallest absolute Gasteiger partial charge is 0.245 e. The highest BCUT2D eigenvalue weighted by atomic mass is 16.5. The molecule has 0 aromatic rings. The first-order chi connectivity index (χ1) is 9.69. The number of carbonyl (C=O) groups is 2. The largest absolute Gasteiger partial charge is 0.371 e. The summed E-state index contributed by atoms with van der Waals surface area (Å²) < 4.78 is 5.97. The summed E-state index contributed by atoms with van der Waals surface area (Å²) >= 11 is 0. The minimum Gasteiger partial charge on any atom is -0.371 e. The lowest BCUT2D eigenvalue weighted by Crippen LogP contribution is -2.63. The fraction of sp³-hybridized carbons (Fsp3) is 0.875. The second kappa shape index (κ2) is 5.95. The first-order valence-corrected chi connectivity index (χ1v) is 7.98. The van der Waals surface area contributed by atoms with Gasteiger partial charge in [-0.05, 0) is 46.0 Å². The lowest BCUT2D eigenvalue weighted by Gasteiger charge is -2.39. The molecular weight excluding hydrogens is 268 g/mol. The molecule has 5 nitrogen and oxygen atoms in total. The molecule has 0 radical (unpaired) electrons. The summed E-state index contributed by atoms with van der Waals surface area (Å²) in [5.41, 5.74) is -0.119. The van der Waals surface area contributed by atoms with E-state index in [0.29, 0.717) is 18.9 Å². The van der Waals surface area contributed by atoms with Gasteiger partial charge in [0.2, 0.25) is 11.8 Å². The Labute approximate surface area is 127 Å². The van der Waals surface area contributed by atoms with Crippen LogP contribution in [0.1, 0.15) is 53.9 Å². The summed E-state index contributed by atoms with van der Waals surface area (Å²) in [6.07, 6.45) is 2.66. The van der Waals surface area contributed by atoms with Gasteiger partial charge >= 0.3 is 0 Å². The lowest BCUT2D eigenvalue weighted by atomic mass is 9.98. The van der Waals surface area contributed by atoms with Crippen molar-refractivity contribution in [1.82, 2.24) is 10.2 Å². The Morgan fingerprint density at radius 1 is 1.38 bits per heavy atom. The summed E-state index contributed by atoms with van der Waals surface area (Å²) in [5, 5.41) is 2.85. The zero-order chi connectivity index (χ0) is 15.8. The maximum atomic E-state index is 12.6. The van der Waals surface area contributed by atoms with Crippen molar-refractivity contribution in [3.05, 3.63) is 0 Å². The third-order valence-corrected chi connectivity index (χ3v) is 4.41. The van der Waals surface area contributed by atoms with E-state index in [1.54, 1.807) is 11.8 Å². The molecule has 5 heteroatoms. The minimum absolute atomic E-state index is 0.0316. The molecule has 2 heterocycles. The second-order valence-corrected chi connectivity index (χ2v) is 7.40. The van der Waals surface area contributed by atoms with Crippen LogP contribution in [0.5, 0.6) is 0 Å². The van der Waals surface area contributed by atoms with Gasteiger partial charge in [-0.3, -0.25) is 9.59 Å². The van der Waals surface area contributed by atoms with Crippen LogP contribution in [0.4, 0.5) is 0 Å². The number of ether oxygens (including phenoxy) is 1. The third-order valence-electron chi connectivity index (χ3n) is 4.41. The van der Waals surface area contributed by atoms with Crippen molar-refractivity contribution in [2.45, 2.75) is 77.7 Å². The van der Waals surface area contributed by atoms with E-state index in [1.807, 2.05) is 0 Å². The van der Waals surface area contributed by atoms with Crippen molar-refractivity contribution in [3.63, 3.8) is 0 Å². The van der Waals surface area contributed by atoms with Gasteiger partial charge < -0.3 is 15.0 Å². The van der Waals surface area contributed by atoms with E-state index in [4.69, 9.17) is 4.74 Å². The van der Waals surface area contributed by atoms with Crippen LogP contribution in [0.25, 0.3) is 0 Å². The summed E-state index contributed by atoms with van der Waals surface area (Å²) in [6.45, 7) is 10.6. The maximum absolute atomic E-state index is 12.6. The molecule has 2 aliphatic rings. The molecule has 0 aromatic heterocycles. The molecular formula is C16H28N2O3. The molecule has 120 valence electrons. The Hall–Kier alpha value is -1.10. The van der Waals surface area contributed by atoms with Crippen molar-refractivity contribution < 1.29 is 14.3 Å². The molecule has 3 atom stereocenters. The van der Waals surface area contributed by atoms with Crippen LogP contribution in [0.2, 0.25) is 0 Å². The molecule has 0 aromatic carbocycles. The van der Waals surface area contributed by atoms with Gasteiger partial charge in [0.05, 0.1) is 11.7 Å². The molecule has 2 rings (SSSR count). The Morgan fingerprint density at radius 3 is 2.57 bits per heavy atom. The van der Waals surface area contributed by atoms with Gasteiger partial charge in [0, 0.05) is 6.54 Å². The average Bonchev–Trinajstić information content (AvgIpc) is 2.70. The van der Waals surface area contributed by atoms with Crippen LogP contribution < -0.4 is 5.32 Å². The highest BCUT2D eigenvalue weighted by Crippen LogP contribution is 2.30. The summed E-state index contributed by atoms with van der Waals surface area (Å²) in [7, 11) is 0. The Balaban J connectivity index is 2.05. The molecule has 21 heavy (non-hydrogen) atoms. The molecule has 2 aliphatic heterocycles. The molecule has 0 spiro atoms. The minimum atomic E-state index is -0.409. The van der Waals surface area contributed by atoms with Crippen molar-refractivity contribution in [3.8, 4) is 0 Å². The Morgan fingerprint density at radius 2 is 2.05 bits per heavy atom. The summed E-state index contributed by atoms with van der Waals surface area (Å²) in [5.74, 6) is 0.345. The van der Waals surface area contributed by atoms with E-state index in [1.165, 1.54) is 0 Å².